The lowest BCUT2D eigenvalue weighted by Crippen LogP contribution is -2.25. The Labute approximate surface area is 109 Å². The molecule has 1 aromatic rings. The Balaban J connectivity index is 3.04. The van der Waals surface area contributed by atoms with Crippen molar-refractivity contribution in [1.82, 2.24) is 4.90 Å². The van der Waals surface area contributed by atoms with Gasteiger partial charge >= 0.3 is 0 Å². The van der Waals surface area contributed by atoms with Gasteiger partial charge in [-0.15, -0.1) is 0 Å². The molecule has 3 heteroatoms. The van der Waals surface area contributed by atoms with Crippen LogP contribution in [0.4, 0.5) is 0 Å². The Morgan fingerprint density at radius 1 is 1.39 bits per heavy atom. The molecule has 0 saturated heterocycles. The monoisotopic (exact) mass is 244 g/mol. The van der Waals surface area contributed by atoms with E-state index >= 15 is 0 Å². The van der Waals surface area contributed by atoms with E-state index in [4.69, 9.17) is 5.26 Å². The van der Waals surface area contributed by atoms with E-state index in [-0.39, 0.29) is 17.7 Å². The number of benzene rings is 1. The van der Waals surface area contributed by atoms with Crippen molar-refractivity contribution in [3.8, 4) is 6.07 Å². The number of aryl methyl sites for hydroxylation is 1. The summed E-state index contributed by atoms with van der Waals surface area (Å²) in [7, 11) is 3.49. The topological polar surface area (TPSA) is 44.1 Å². The summed E-state index contributed by atoms with van der Waals surface area (Å²) in [5.41, 5.74) is 2.23. The molecule has 1 aromatic carbocycles. The van der Waals surface area contributed by atoms with Crippen molar-refractivity contribution >= 4 is 5.91 Å². The van der Waals surface area contributed by atoms with Gasteiger partial charge < -0.3 is 4.90 Å². The summed E-state index contributed by atoms with van der Waals surface area (Å²) in [6.07, 6.45) is 0.382. The zero-order valence-electron chi connectivity index (χ0n) is 11.5. The van der Waals surface area contributed by atoms with Gasteiger partial charge in [-0.2, -0.15) is 5.26 Å². The second kappa shape index (κ2) is 6.20. The largest absolute Gasteiger partial charge is 0.349 e. The highest BCUT2D eigenvalue weighted by atomic mass is 16.2. The molecule has 0 saturated carbocycles. The number of hydrogen-bond donors (Lipinski definition) is 0. The van der Waals surface area contributed by atoms with Crippen molar-refractivity contribution < 1.29 is 4.79 Å². The number of carbonyl (C=O) groups excluding carboxylic acids is 1. The van der Waals surface area contributed by atoms with Crippen LogP contribution >= 0.6 is 0 Å². The van der Waals surface area contributed by atoms with Crippen LogP contribution in [0.3, 0.4) is 0 Å². The third-order valence-electron chi connectivity index (χ3n) is 3.29. The average Bonchev–Trinajstić information content (AvgIpc) is 2.35. The maximum Gasteiger partial charge on any atom is 0.222 e. The highest BCUT2D eigenvalue weighted by Crippen LogP contribution is 2.30. The van der Waals surface area contributed by atoms with Crippen LogP contribution in [-0.4, -0.2) is 24.9 Å². The molecule has 0 heterocycles. The smallest absolute Gasteiger partial charge is 0.222 e. The second-order valence-corrected chi connectivity index (χ2v) is 4.87. The van der Waals surface area contributed by atoms with Crippen molar-refractivity contribution in [3.05, 3.63) is 35.4 Å². The molecule has 0 N–H and O–H groups in total. The van der Waals surface area contributed by atoms with Crippen LogP contribution < -0.4 is 0 Å². The predicted molar refractivity (Wildman–Crippen MR) is 72.0 cm³/mol. The minimum atomic E-state index is -0.171. The molecule has 0 bridgehead atoms. The molecule has 0 unspecified atom stereocenters. The number of amides is 1. The van der Waals surface area contributed by atoms with Gasteiger partial charge in [0, 0.05) is 26.4 Å². The van der Waals surface area contributed by atoms with Crippen LogP contribution in [-0.2, 0) is 4.79 Å². The average molecular weight is 244 g/mol. The molecular weight excluding hydrogens is 224 g/mol. The van der Waals surface area contributed by atoms with Gasteiger partial charge in [-0.1, -0.05) is 24.3 Å². The van der Waals surface area contributed by atoms with Gasteiger partial charge in [0.15, 0.2) is 0 Å². The minimum Gasteiger partial charge on any atom is -0.349 e. The van der Waals surface area contributed by atoms with Crippen LogP contribution in [0.25, 0.3) is 0 Å². The SMILES string of the molecule is Cc1ccccc1[C@@H](CC(=O)N(C)C)[C@H](C)C#N. The van der Waals surface area contributed by atoms with E-state index in [2.05, 4.69) is 6.07 Å². The Kier molecular flexibility index (Phi) is 4.91. The summed E-state index contributed by atoms with van der Waals surface area (Å²) in [4.78, 5) is 13.5. The molecule has 0 aliphatic rings. The number of carbonyl (C=O) groups is 1. The zero-order valence-corrected chi connectivity index (χ0v) is 11.5. The molecular formula is C15H20N2O. The van der Waals surface area contributed by atoms with Gasteiger partial charge in [0.2, 0.25) is 5.91 Å². The molecule has 0 spiro atoms. The highest BCUT2D eigenvalue weighted by Gasteiger charge is 2.24. The Morgan fingerprint density at radius 3 is 2.50 bits per heavy atom. The Bertz CT molecular complexity index is 460. The van der Waals surface area contributed by atoms with Gasteiger partial charge in [0.1, 0.15) is 0 Å². The Hall–Kier alpha value is -1.82. The van der Waals surface area contributed by atoms with E-state index in [1.165, 1.54) is 0 Å². The number of nitrogens with zero attached hydrogens (tertiary/aromatic N) is 2. The maximum atomic E-state index is 11.9. The lowest BCUT2D eigenvalue weighted by atomic mass is 9.83. The molecule has 0 aliphatic carbocycles. The number of hydrogen-bond acceptors (Lipinski definition) is 2. The first-order chi connectivity index (χ1) is 8.47. The summed E-state index contributed by atoms with van der Waals surface area (Å²) in [5.74, 6) is -0.147. The molecule has 2 atom stereocenters. The van der Waals surface area contributed by atoms with Gasteiger partial charge in [0.05, 0.1) is 12.0 Å². The van der Waals surface area contributed by atoms with E-state index in [0.717, 1.165) is 11.1 Å². The molecule has 0 fully saturated rings. The summed E-state index contributed by atoms with van der Waals surface area (Å²) in [5, 5.41) is 9.13. The molecule has 0 aliphatic heterocycles. The van der Waals surface area contributed by atoms with Crippen molar-refractivity contribution in [2.75, 3.05) is 14.1 Å². The number of nitriles is 1. The second-order valence-electron chi connectivity index (χ2n) is 4.87. The van der Waals surface area contributed by atoms with E-state index in [0.29, 0.717) is 6.42 Å². The Morgan fingerprint density at radius 2 is 2.00 bits per heavy atom. The first-order valence-electron chi connectivity index (χ1n) is 6.12. The molecule has 3 nitrogen and oxygen atoms in total. The van der Waals surface area contributed by atoms with Crippen LogP contribution in [0.5, 0.6) is 0 Å². The van der Waals surface area contributed by atoms with Gasteiger partial charge in [0.25, 0.3) is 0 Å². The van der Waals surface area contributed by atoms with Crippen LogP contribution in [0.1, 0.15) is 30.4 Å². The molecule has 1 rings (SSSR count). The number of rotatable bonds is 4. The van der Waals surface area contributed by atoms with E-state index in [1.54, 1.807) is 19.0 Å². The third kappa shape index (κ3) is 3.33. The molecule has 18 heavy (non-hydrogen) atoms. The van der Waals surface area contributed by atoms with Gasteiger partial charge in [-0.05, 0) is 25.0 Å². The summed E-state index contributed by atoms with van der Waals surface area (Å²) >= 11 is 0. The standard InChI is InChI=1S/C15H20N2O/c1-11-7-5-6-8-13(11)14(12(2)10-16)9-15(18)17(3)4/h5-8,12,14H,9H2,1-4H3/t12-,14+/m1/s1. The first kappa shape index (κ1) is 14.2. The predicted octanol–water partition coefficient (Wildman–Crippen LogP) is 2.72. The molecule has 96 valence electrons. The molecule has 0 radical (unpaired) electrons. The van der Waals surface area contributed by atoms with Gasteiger partial charge in [-0.25, -0.2) is 0 Å². The van der Waals surface area contributed by atoms with E-state index in [9.17, 15) is 4.79 Å². The van der Waals surface area contributed by atoms with Crippen LogP contribution in [0, 0.1) is 24.2 Å². The van der Waals surface area contributed by atoms with Crippen molar-refractivity contribution in [1.29, 1.82) is 5.26 Å². The van der Waals surface area contributed by atoms with Crippen molar-refractivity contribution in [2.45, 2.75) is 26.2 Å². The lowest BCUT2D eigenvalue weighted by molar-refractivity contribution is -0.129. The van der Waals surface area contributed by atoms with Gasteiger partial charge in [-0.3, -0.25) is 4.79 Å². The van der Waals surface area contributed by atoms with Crippen LogP contribution in [0.15, 0.2) is 24.3 Å². The fourth-order valence-electron chi connectivity index (χ4n) is 2.02. The summed E-state index contributed by atoms with van der Waals surface area (Å²) in [6.45, 7) is 3.90. The van der Waals surface area contributed by atoms with Crippen molar-refractivity contribution in [2.24, 2.45) is 5.92 Å². The maximum absolute atomic E-state index is 11.9. The molecule has 0 aromatic heterocycles. The normalized spacial score (nSPS) is 13.5. The third-order valence-corrected chi connectivity index (χ3v) is 3.29. The fraction of sp³-hybridized carbons (Fsp3) is 0.467. The summed E-state index contributed by atoms with van der Waals surface area (Å²) in [6, 6.07) is 10.2. The summed E-state index contributed by atoms with van der Waals surface area (Å²) < 4.78 is 0. The fourth-order valence-corrected chi connectivity index (χ4v) is 2.02. The van der Waals surface area contributed by atoms with E-state index < -0.39 is 0 Å². The van der Waals surface area contributed by atoms with E-state index in [1.807, 2.05) is 38.1 Å². The zero-order chi connectivity index (χ0) is 13.7. The minimum absolute atomic E-state index is 0.0360. The lowest BCUT2D eigenvalue weighted by Gasteiger charge is -2.22. The van der Waals surface area contributed by atoms with Crippen LogP contribution in [0.2, 0.25) is 0 Å². The highest BCUT2D eigenvalue weighted by molar-refractivity contribution is 5.76. The van der Waals surface area contributed by atoms with Crippen molar-refractivity contribution in [3.63, 3.8) is 0 Å². The first-order valence-corrected chi connectivity index (χ1v) is 6.12. The quantitative estimate of drug-likeness (QED) is 0.817. The molecule has 1 amide bonds.